The first-order chi connectivity index (χ1) is 19.6. The summed E-state index contributed by atoms with van der Waals surface area (Å²) in [5.41, 5.74) is 8.13. The molecule has 3 aromatic carbocycles. The minimum Gasteiger partial charge on any atom is -0.480 e. The molecule has 3 aliphatic rings. The van der Waals surface area contributed by atoms with E-state index in [1.54, 1.807) is 0 Å². The fraction of sp³-hybridized carbons (Fsp3) is 0.382. The molecule has 2 saturated heterocycles. The average molecular weight is 539 g/mol. The third-order valence-electron chi connectivity index (χ3n) is 8.06. The van der Waals surface area contributed by atoms with Gasteiger partial charge in [0.25, 0.3) is 0 Å². The molecule has 0 aliphatic carbocycles. The van der Waals surface area contributed by atoms with Crippen LogP contribution in [0.2, 0.25) is 0 Å². The summed E-state index contributed by atoms with van der Waals surface area (Å²) in [4.78, 5) is 0. The monoisotopic (exact) mass is 538 g/mol. The molecule has 208 valence electrons. The second-order valence-corrected chi connectivity index (χ2v) is 10.9. The van der Waals surface area contributed by atoms with E-state index in [0.29, 0.717) is 0 Å². The number of hydrogen-bond donors (Lipinski definition) is 2. The summed E-state index contributed by atoms with van der Waals surface area (Å²) in [5.74, 6) is 1.57. The Kier molecular flexibility index (Phi) is 7.89. The highest BCUT2D eigenvalue weighted by Gasteiger charge is 2.32. The maximum Gasteiger partial charge on any atom is 0.199 e. The molecule has 3 aliphatic heterocycles. The molecular weight excluding hydrogens is 500 g/mol. The van der Waals surface area contributed by atoms with Crippen LogP contribution in [-0.2, 0) is 9.47 Å². The topological polar surface area (TPSA) is 72.8 Å². The zero-order valence-electron chi connectivity index (χ0n) is 23.4. The number of ether oxygens (including phenoxy) is 4. The van der Waals surface area contributed by atoms with Crippen LogP contribution in [0.15, 0.2) is 60.7 Å². The highest BCUT2D eigenvalue weighted by molar-refractivity contribution is 6.03. The normalized spacial score (nSPS) is 22.7. The van der Waals surface area contributed by atoms with Crippen molar-refractivity contribution in [1.82, 2.24) is 0 Å². The summed E-state index contributed by atoms with van der Waals surface area (Å²) in [7, 11) is 0. The largest absolute Gasteiger partial charge is 0.480 e. The van der Waals surface area contributed by atoms with Crippen molar-refractivity contribution in [1.29, 1.82) is 5.41 Å². The standard InChI is InChI=1S/C34H38N2O4/c1-22-12-14-24(15-13-22)34-32(25-8-7-9-26(20-25)39-31-11-4-6-19-38-31)23(2)33-27(21-35)28(16-17-29(33)40-34)36-30-10-3-5-18-37-30/h7-9,12-17,20-21,30-31,34-36H,3-6,10-11,18-19H2,1-2H3. The molecule has 3 heterocycles. The van der Waals surface area contributed by atoms with E-state index in [1.165, 1.54) is 11.8 Å². The van der Waals surface area contributed by atoms with Gasteiger partial charge >= 0.3 is 0 Å². The molecule has 2 N–H and O–H groups in total. The zero-order valence-corrected chi connectivity index (χ0v) is 23.4. The number of fused-ring (bicyclic) bond motifs is 1. The molecular formula is C34H38N2O4. The summed E-state index contributed by atoms with van der Waals surface area (Å²) in [6.07, 6.45) is 7.16. The number of allylic oxidation sites excluding steroid dienone is 1. The third-order valence-corrected chi connectivity index (χ3v) is 8.06. The Labute approximate surface area is 236 Å². The fourth-order valence-electron chi connectivity index (χ4n) is 5.94. The van der Waals surface area contributed by atoms with Crippen molar-refractivity contribution in [2.45, 2.75) is 71.0 Å². The predicted octanol–water partition coefficient (Wildman–Crippen LogP) is 7.90. The maximum atomic E-state index is 8.40. The second kappa shape index (κ2) is 11.9. The van der Waals surface area contributed by atoms with E-state index >= 15 is 0 Å². The lowest BCUT2D eigenvalue weighted by molar-refractivity contribution is -0.105. The zero-order chi connectivity index (χ0) is 27.5. The molecule has 3 atom stereocenters. The van der Waals surface area contributed by atoms with Gasteiger partial charge in [-0.05, 0) is 86.9 Å². The van der Waals surface area contributed by atoms with Gasteiger partial charge in [0.2, 0.25) is 0 Å². The van der Waals surface area contributed by atoms with Crippen LogP contribution in [0.5, 0.6) is 11.5 Å². The van der Waals surface area contributed by atoms with Gasteiger partial charge < -0.3 is 29.7 Å². The molecule has 6 heteroatoms. The summed E-state index contributed by atoms with van der Waals surface area (Å²) >= 11 is 0. The minimum absolute atomic E-state index is 0.0464. The molecule has 2 fully saturated rings. The molecule has 6 nitrogen and oxygen atoms in total. The van der Waals surface area contributed by atoms with Crippen molar-refractivity contribution in [3.63, 3.8) is 0 Å². The Hall–Kier alpha value is -3.61. The average Bonchev–Trinajstić information content (AvgIpc) is 2.99. The van der Waals surface area contributed by atoms with Gasteiger partial charge in [-0.1, -0.05) is 42.0 Å². The first-order valence-electron chi connectivity index (χ1n) is 14.5. The van der Waals surface area contributed by atoms with Gasteiger partial charge in [0.15, 0.2) is 6.29 Å². The molecule has 0 amide bonds. The lowest BCUT2D eigenvalue weighted by Gasteiger charge is -2.33. The Morgan fingerprint density at radius 1 is 0.900 bits per heavy atom. The van der Waals surface area contributed by atoms with Gasteiger partial charge in [-0.2, -0.15) is 0 Å². The molecule has 0 saturated carbocycles. The van der Waals surface area contributed by atoms with E-state index < -0.39 is 0 Å². The van der Waals surface area contributed by atoms with E-state index in [1.807, 2.05) is 24.3 Å². The Balaban J connectivity index is 1.44. The van der Waals surface area contributed by atoms with Gasteiger partial charge in [0.1, 0.15) is 23.8 Å². The van der Waals surface area contributed by atoms with E-state index in [4.69, 9.17) is 24.4 Å². The highest BCUT2D eigenvalue weighted by Crippen LogP contribution is 2.49. The van der Waals surface area contributed by atoms with Crippen LogP contribution in [0.1, 0.15) is 79.4 Å². The van der Waals surface area contributed by atoms with E-state index in [2.05, 4.69) is 55.6 Å². The van der Waals surface area contributed by atoms with Gasteiger partial charge in [0.05, 0.1) is 6.61 Å². The van der Waals surface area contributed by atoms with Crippen molar-refractivity contribution >= 4 is 23.0 Å². The number of rotatable bonds is 7. The molecule has 0 spiro atoms. The third kappa shape index (κ3) is 5.51. The summed E-state index contributed by atoms with van der Waals surface area (Å²) < 4.78 is 24.8. The molecule has 3 unspecified atom stereocenters. The second-order valence-electron chi connectivity index (χ2n) is 10.9. The Morgan fingerprint density at radius 3 is 2.42 bits per heavy atom. The summed E-state index contributed by atoms with van der Waals surface area (Å²) in [5, 5.41) is 11.9. The highest BCUT2D eigenvalue weighted by atomic mass is 16.7. The summed E-state index contributed by atoms with van der Waals surface area (Å²) in [6, 6.07) is 20.8. The SMILES string of the molecule is CC1=C(c2cccc(OC3CCCCO3)c2)C(c2ccc(C)cc2)Oc2ccc(NC3CCCCO3)c(C=N)c21. The molecule has 40 heavy (non-hydrogen) atoms. The fourth-order valence-corrected chi connectivity index (χ4v) is 5.94. The summed E-state index contributed by atoms with van der Waals surface area (Å²) in [6.45, 7) is 5.74. The van der Waals surface area contributed by atoms with Crippen molar-refractivity contribution in [2.75, 3.05) is 18.5 Å². The van der Waals surface area contributed by atoms with Crippen molar-refractivity contribution < 1.29 is 18.9 Å². The number of nitrogens with one attached hydrogen (secondary N) is 2. The smallest absolute Gasteiger partial charge is 0.199 e. The Morgan fingerprint density at radius 2 is 1.70 bits per heavy atom. The van der Waals surface area contributed by atoms with Gasteiger partial charge in [-0.15, -0.1) is 0 Å². The van der Waals surface area contributed by atoms with Crippen LogP contribution in [0.4, 0.5) is 5.69 Å². The van der Waals surface area contributed by atoms with Gasteiger partial charge in [-0.3, -0.25) is 0 Å². The maximum absolute atomic E-state index is 8.40. The predicted molar refractivity (Wildman–Crippen MR) is 159 cm³/mol. The van der Waals surface area contributed by atoms with Crippen LogP contribution in [-0.4, -0.2) is 31.9 Å². The van der Waals surface area contributed by atoms with E-state index in [9.17, 15) is 0 Å². The van der Waals surface area contributed by atoms with Crippen molar-refractivity contribution in [3.05, 3.63) is 88.5 Å². The first kappa shape index (κ1) is 26.6. The number of hydrogen-bond acceptors (Lipinski definition) is 6. The molecule has 6 rings (SSSR count). The van der Waals surface area contributed by atoms with Crippen LogP contribution in [0.3, 0.4) is 0 Å². The van der Waals surface area contributed by atoms with Crippen LogP contribution in [0.25, 0.3) is 11.1 Å². The van der Waals surface area contributed by atoms with Crippen LogP contribution < -0.4 is 14.8 Å². The molecule has 0 aromatic heterocycles. The minimum atomic E-state index is -0.298. The van der Waals surface area contributed by atoms with Crippen molar-refractivity contribution in [3.8, 4) is 11.5 Å². The number of aryl methyl sites for hydroxylation is 1. The molecule has 0 bridgehead atoms. The Bertz CT molecular complexity index is 1390. The van der Waals surface area contributed by atoms with Crippen LogP contribution >= 0.6 is 0 Å². The lowest BCUT2D eigenvalue weighted by Crippen LogP contribution is -2.28. The lowest BCUT2D eigenvalue weighted by atomic mass is 9.84. The van der Waals surface area contributed by atoms with E-state index in [0.717, 1.165) is 102 Å². The molecule has 0 radical (unpaired) electrons. The van der Waals surface area contributed by atoms with Gasteiger partial charge in [0, 0.05) is 41.6 Å². The number of benzene rings is 3. The van der Waals surface area contributed by atoms with Crippen LogP contribution in [0, 0.1) is 12.3 Å². The molecule has 3 aromatic rings. The first-order valence-corrected chi connectivity index (χ1v) is 14.5. The van der Waals surface area contributed by atoms with Crippen molar-refractivity contribution in [2.24, 2.45) is 0 Å². The van der Waals surface area contributed by atoms with Gasteiger partial charge in [-0.25, -0.2) is 0 Å². The number of anilines is 1. The quantitative estimate of drug-likeness (QED) is 0.299. The van der Waals surface area contributed by atoms with E-state index in [-0.39, 0.29) is 18.6 Å².